The third kappa shape index (κ3) is 3.76. The summed E-state index contributed by atoms with van der Waals surface area (Å²) in [6.07, 6.45) is 0. The predicted molar refractivity (Wildman–Crippen MR) is 92.9 cm³/mol. The summed E-state index contributed by atoms with van der Waals surface area (Å²) in [6.45, 7) is 2.40. The van der Waals surface area contributed by atoms with E-state index < -0.39 is 11.5 Å². The van der Waals surface area contributed by atoms with Gasteiger partial charge in [-0.25, -0.2) is 4.79 Å². The van der Waals surface area contributed by atoms with Crippen LogP contribution in [0.15, 0.2) is 38.0 Å². The van der Waals surface area contributed by atoms with Crippen LogP contribution < -0.4 is 5.63 Å². The Hall–Kier alpha value is -2.71. The second kappa shape index (κ2) is 7.67. The zero-order valence-corrected chi connectivity index (χ0v) is 14.9. The van der Waals surface area contributed by atoms with E-state index in [1.807, 2.05) is 0 Å². The van der Waals surface area contributed by atoms with Crippen molar-refractivity contribution in [2.75, 3.05) is 13.7 Å². The van der Waals surface area contributed by atoms with E-state index in [2.05, 4.69) is 10.1 Å². The molecule has 2 heterocycles. The van der Waals surface area contributed by atoms with Crippen LogP contribution in [0.3, 0.4) is 0 Å². The van der Waals surface area contributed by atoms with Crippen LogP contribution >= 0.6 is 11.6 Å². The van der Waals surface area contributed by atoms with Gasteiger partial charge >= 0.3 is 5.63 Å². The first-order valence-electron chi connectivity index (χ1n) is 7.85. The lowest BCUT2D eigenvalue weighted by molar-refractivity contribution is 0.0730. The highest BCUT2D eigenvalue weighted by Gasteiger charge is 2.22. The minimum absolute atomic E-state index is 0.0685. The Morgan fingerprint density at radius 1 is 1.35 bits per heavy atom. The molecule has 0 N–H and O–H groups in total. The van der Waals surface area contributed by atoms with Crippen LogP contribution in [0.2, 0.25) is 5.02 Å². The first-order chi connectivity index (χ1) is 12.5. The Labute approximate surface area is 153 Å². The third-order valence-electron chi connectivity index (χ3n) is 3.70. The van der Waals surface area contributed by atoms with E-state index in [0.717, 1.165) is 0 Å². The molecule has 0 atom stereocenters. The molecule has 3 rings (SSSR count). The Balaban J connectivity index is 1.88. The van der Waals surface area contributed by atoms with Crippen LogP contribution in [0.4, 0.5) is 0 Å². The number of fused-ring (bicyclic) bond motifs is 1. The number of halogens is 1. The van der Waals surface area contributed by atoms with Gasteiger partial charge in [-0.05, 0) is 31.2 Å². The van der Waals surface area contributed by atoms with Crippen molar-refractivity contribution in [2.24, 2.45) is 0 Å². The Bertz CT molecular complexity index is 997. The first-order valence-corrected chi connectivity index (χ1v) is 8.22. The largest absolute Gasteiger partial charge is 0.422 e. The monoisotopic (exact) mass is 377 g/mol. The van der Waals surface area contributed by atoms with Crippen LogP contribution in [-0.2, 0) is 17.9 Å². The normalized spacial score (nSPS) is 11.0. The molecule has 8 nitrogen and oxygen atoms in total. The van der Waals surface area contributed by atoms with Crippen LogP contribution in [0, 0.1) is 0 Å². The molecule has 2 aromatic heterocycles. The molecule has 9 heteroatoms. The molecule has 0 spiro atoms. The summed E-state index contributed by atoms with van der Waals surface area (Å²) < 4.78 is 15.2. The standard InChI is InChI=1S/C17H16ClN3O5/c1-3-21(8-15-19-14(9-24-2)20-26-15)16(22)12-7-10-6-11(18)4-5-13(10)25-17(12)23/h4-7H,3,8-9H2,1-2H3. The smallest absolute Gasteiger partial charge is 0.349 e. The molecular formula is C17H16ClN3O5. The number of rotatable bonds is 6. The van der Waals surface area contributed by atoms with E-state index >= 15 is 0 Å². The Morgan fingerprint density at radius 2 is 2.15 bits per heavy atom. The van der Waals surface area contributed by atoms with E-state index in [9.17, 15) is 9.59 Å². The summed E-state index contributed by atoms with van der Waals surface area (Å²) in [4.78, 5) is 30.5. The van der Waals surface area contributed by atoms with Gasteiger partial charge in [0.2, 0.25) is 5.89 Å². The van der Waals surface area contributed by atoms with Gasteiger partial charge in [0.15, 0.2) is 5.82 Å². The lowest BCUT2D eigenvalue weighted by Gasteiger charge is -2.18. The highest BCUT2D eigenvalue weighted by atomic mass is 35.5. The number of carbonyl (C=O) groups excluding carboxylic acids is 1. The lowest BCUT2D eigenvalue weighted by atomic mass is 10.1. The van der Waals surface area contributed by atoms with Crippen molar-refractivity contribution in [1.82, 2.24) is 15.0 Å². The number of benzene rings is 1. The highest BCUT2D eigenvalue weighted by molar-refractivity contribution is 6.31. The number of methoxy groups -OCH3 is 1. The van der Waals surface area contributed by atoms with E-state index in [-0.39, 0.29) is 24.6 Å². The van der Waals surface area contributed by atoms with Gasteiger partial charge in [0, 0.05) is 24.1 Å². The van der Waals surface area contributed by atoms with Crippen molar-refractivity contribution in [1.29, 1.82) is 0 Å². The maximum Gasteiger partial charge on any atom is 0.349 e. The second-order valence-corrected chi connectivity index (χ2v) is 5.92. The maximum absolute atomic E-state index is 12.8. The number of nitrogens with zero attached hydrogens (tertiary/aromatic N) is 3. The highest BCUT2D eigenvalue weighted by Crippen LogP contribution is 2.19. The summed E-state index contributed by atoms with van der Waals surface area (Å²) in [6, 6.07) is 6.30. The van der Waals surface area contributed by atoms with E-state index in [1.165, 1.54) is 18.1 Å². The van der Waals surface area contributed by atoms with Gasteiger partial charge in [-0.2, -0.15) is 4.98 Å². The number of hydrogen-bond acceptors (Lipinski definition) is 7. The van der Waals surface area contributed by atoms with Crippen molar-refractivity contribution in [3.63, 3.8) is 0 Å². The number of ether oxygens (including phenoxy) is 1. The first kappa shape index (κ1) is 18.1. The molecule has 1 aromatic carbocycles. The van der Waals surface area contributed by atoms with Gasteiger partial charge in [0.05, 0.1) is 0 Å². The Morgan fingerprint density at radius 3 is 2.88 bits per heavy atom. The van der Waals surface area contributed by atoms with Gasteiger partial charge in [-0.15, -0.1) is 0 Å². The van der Waals surface area contributed by atoms with Crippen LogP contribution in [0.1, 0.15) is 29.0 Å². The molecule has 3 aromatic rings. The average Bonchev–Trinajstić information content (AvgIpc) is 3.06. The molecule has 26 heavy (non-hydrogen) atoms. The third-order valence-corrected chi connectivity index (χ3v) is 3.94. The van der Waals surface area contributed by atoms with Crippen molar-refractivity contribution >= 4 is 28.5 Å². The van der Waals surface area contributed by atoms with E-state index in [0.29, 0.717) is 28.4 Å². The summed E-state index contributed by atoms with van der Waals surface area (Å²) in [5, 5.41) is 4.80. The average molecular weight is 378 g/mol. The van der Waals surface area contributed by atoms with Crippen molar-refractivity contribution in [3.8, 4) is 0 Å². The molecule has 0 aliphatic heterocycles. The van der Waals surface area contributed by atoms with Gasteiger partial charge in [0.25, 0.3) is 5.91 Å². The fraction of sp³-hybridized carbons (Fsp3) is 0.294. The molecule has 0 fully saturated rings. The van der Waals surface area contributed by atoms with Gasteiger partial charge in [0.1, 0.15) is 24.3 Å². The van der Waals surface area contributed by atoms with Crippen LogP contribution in [0.25, 0.3) is 11.0 Å². The van der Waals surface area contributed by atoms with Gasteiger partial charge in [-0.3, -0.25) is 4.79 Å². The molecule has 0 radical (unpaired) electrons. The van der Waals surface area contributed by atoms with Gasteiger partial charge < -0.3 is 18.6 Å². The second-order valence-electron chi connectivity index (χ2n) is 5.49. The molecule has 0 bridgehead atoms. The molecule has 1 amide bonds. The topological polar surface area (TPSA) is 98.7 Å². The minimum Gasteiger partial charge on any atom is -0.422 e. The molecular weight excluding hydrogens is 362 g/mol. The van der Waals surface area contributed by atoms with E-state index in [4.69, 9.17) is 25.3 Å². The summed E-state index contributed by atoms with van der Waals surface area (Å²) in [5.41, 5.74) is -0.438. The number of amides is 1. The fourth-order valence-electron chi connectivity index (χ4n) is 2.45. The van der Waals surface area contributed by atoms with Crippen LogP contribution in [-0.4, -0.2) is 34.6 Å². The van der Waals surface area contributed by atoms with Gasteiger partial charge in [-0.1, -0.05) is 16.8 Å². The van der Waals surface area contributed by atoms with Crippen molar-refractivity contribution in [3.05, 3.63) is 57.0 Å². The summed E-state index contributed by atoms with van der Waals surface area (Å²) in [5.74, 6) is 0.140. The van der Waals surface area contributed by atoms with Crippen molar-refractivity contribution < 1.29 is 18.5 Å². The molecule has 0 saturated heterocycles. The number of aromatic nitrogens is 2. The minimum atomic E-state index is -0.714. The quantitative estimate of drug-likeness (QED) is 0.609. The number of carbonyl (C=O) groups is 1. The fourth-order valence-corrected chi connectivity index (χ4v) is 2.63. The molecule has 0 saturated carbocycles. The zero-order chi connectivity index (χ0) is 18.7. The molecule has 0 unspecified atom stereocenters. The molecule has 0 aliphatic carbocycles. The maximum atomic E-state index is 12.8. The van der Waals surface area contributed by atoms with E-state index in [1.54, 1.807) is 25.1 Å². The molecule has 136 valence electrons. The SMILES string of the molecule is CCN(Cc1nc(COC)no1)C(=O)c1cc2cc(Cl)ccc2oc1=O. The summed E-state index contributed by atoms with van der Waals surface area (Å²) >= 11 is 5.96. The predicted octanol–water partition coefficient (Wildman–Crippen LogP) is 2.64. The molecule has 0 aliphatic rings. The Kier molecular flexibility index (Phi) is 5.34. The van der Waals surface area contributed by atoms with Crippen LogP contribution in [0.5, 0.6) is 0 Å². The summed E-state index contributed by atoms with van der Waals surface area (Å²) in [7, 11) is 1.52. The zero-order valence-electron chi connectivity index (χ0n) is 14.2. The lowest BCUT2D eigenvalue weighted by Crippen LogP contribution is -2.33. The van der Waals surface area contributed by atoms with Crippen molar-refractivity contribution in [2.45, 2.75) is 20.1 Å². The number of hydrogen-bond donors (Lipinski definition) is 0.